The van der Waals surface area contributed by atoms with E-state index in [4.69, 9.17) is 0 Å². The minimum Gasteiger partial charge on any atom is -0.372 e. The lowest BCUT2D eigenvalue weighted by Gasteiger charge is -2.17. The van der Waals surface area contributed by atoms with E-state index >= 15 is 0 Å². The van der Waals surface area contributed by atoms with Crippen LogP contribution in [0.5, 0.6) is 0 Å². The Hall–Kier alpha value is -3.42. The van der Waals surface area contributed by atoms with E-state index in [1.165, 1.54) is 42.8 Å². The minimum atomic E-state index is -0.807. The highest BCUT2D eigenvalue weighted by molar-refractivity contribution is 6.39. The van der Waals surface area contributed by atoms with Gasteiger partial charge in [0.1, 0.15) is 0 Å². The summed E-state index contributed by atoms with van der Waals surface area (Å²) in [5, 5.41) is 15.6. The SMILES string of the molecule is O=C(NCCc1ccc(N2CCCC2)cc1)C(=O)Nc1ccc([N+](=O)[O-])cc1. The zero-order valence-electron chi connectivity index (χ0n) is 15.4. The highest BCUT2D eigenvalue weighted by atomic mass is 16.6. The molecule has 1 heterocycles. The third-order valence-corrected chi connectivity index (χ3v) is 4.65. The van der Waals surface area contributed by atoms with Crippen LogP contribution in [0.3, 0.4) is 0 Å². The van der Waals surface area contributed by atoms with Crippen molar-refractivity contribution in [1.29, 1.82) is 0 Å². The van der Waals surface area contributed by atoms with Gasteiger partial charge >= 0.3 is 11.8 Å². The maximum absolute atomic E-state index is 11.9. The summed E-state index contributed by atoms with van der Waals surface area (Å²) in [6, 6.07) is 13.5. The van der Waals surface area contributed by atoms with Crippen molar-refractivity contribution in [2.75, 3.05) is 29.9 Å². The molecule has 0 atom stereocenters. The second kappa shape index (κ2) is 8.98. The summed E-state index contributed by atoms with van der Waals surface area (Å²) >= 11 is 0. The molecule has 1 aliphatic rings. The van der Waals surface area contributed by atoms with Crippen LogP contribution in [0.4, 0.5) is 17.1 Å². The van der Waals surface area contributed by atoms with Gasteiger partial charge in [-0.3, -0.25) is 19.7 Å². The summed E-state index contributed by atoms with van der Waals surface area (Å²) in [6.07, 6.45) is 3.09. The van der Waals surface area contributed by atoms with Gasteiger partial charge in [0.25, 0.3) is 5.69 Å². The molecule has 0 radical (unpaired) electrons. The fourth-order valence-electron chi connectivity index (χ4n) is 3.10. The van der Waals surface area contributed by atoms with Crippen LogP contribution in [0.25, 0.3) is 0 Å². The lowest BCUT2D eigenvalue weighted by atomic mass is 10.1. The van der Waals surface area contributed by atoms with Gasteiger partial charge < -0.3 is 15.5 Å². The number of anilines is 2. The van der Waals surface area contributed by atoms with Crippen LogP contribution >= 0.6 is 0 Å². The highest BCUT2D eigenvalue weighted by Crippen LogP contribution is 2.20. The van der Waals surface area contributed by atoms with Gasteiger partial charge in [0, 0.05) is 43.1 Å². The molecular weight excluding hydrogens is 360 g/mol. The van der Waals surface area contributed by atoms with Crippen molar-refractivity contribution in [2.24, 2.45) is 0 Å². The van der Waals surface area contributed by atoms with Crippen molar-refractivity contribution >= 4 is 28.9 Å². The van der Waals surface area contributed by atoms with Gasteiger partial charge in [-0.1, -0.05) is 12.1 Å². The lowest BCUT2D eigenvalue weighted by molar-refractivity contribution is -0.384. The molecule has 0 aromatic heterocycles. The Morgan fingerprint density at radius 3 is 2.21 bits per heavy atom. The molecule has 2 aromatic carbocycles. The number of benzene rings is 2. The topological polar surface area (TPSA) is 105 Å². The Bertz CT molecular complexity index is 844. The molecule has 0 saturated carbocycles. The predicted octanol–water partition coefficient (Wildman–Crippen LogP) is 2.49. The van der Waals surface area contributed by atoms with E-state index in [-0.39, 0.29) is 5.69 Å². The molecule has 1 fully saturated rings. The maximum Gasteiger partial charge on any atom is 0.313 e. The average Bonchev–Trinajstić information content (AvgIpc) is 3.23. The molecule has 8 heteroatoms. The van der Waals surface area contributed by atoms with Gasteiger partial charge in [-0.2, -0.15) is 0 Å². The fourth-order valence-corrected chi connectivity index (χ4v) is 3.10. The van der Waals surface area contributed by atoms with Gasteiger partial charge in [0.05, 0.1) is 4.92 Å². The number of carbonyl (C=O) groups excluding carboxylic acids is 2. The second-order valence-electron chi connectivity index (χ2n) is 6.62. The van der Waals surface area contributed by atoms with Gasteiger partial charge in [-0.05, 0) is 49.1 Å². The van der Waals surface area contributed by atoms with Gasteiger partial charge in [0.2, 0.25) is 0 Å². The lowest BCUT2D eigenvalue weighted by Crippen LogP contribution is -2.36. The number of rotatable bonds is 6. The molecule has 3 rings (SSSR count). The Balaban J connectivity index is 1.43. The van der Waals surface area contributed by atoms with Crippen molar-refractivity contribution in [1.82, 2.24) is 5.32 Å². The Kier molecular flexibility index (Phi) is 6.21. The van der Waals surface area contributed by atoms with Crippen LogP contribution in [0.15, 0.2) is 48.5 Å². The second-order valence-corrected chi connectivity index (χ2v) is 6.62. The van der Waals surface area contributed by atoms with Gasteiger partial charge in [-0.15, -0.1) is 0 Å². The van der Waals surface area contributed by atoms with E-state index in [9.17, 15) is 19.7 Å². The largest absolute Gasteiger partial charge is 0.372 e. The Labute approximate surface area is 162 Å². The van der Waals surface area contributed by atoms with Crippen LogP contribution in [0.2, 0.25) is 0 Å². The molecule has 0 bridgehead atoms. The smallest absolute Gasteiger partial charge is 0.313 e. The summed E-state index contributed by atoms with van der Waals surface area (Å²) in [4.78, 5) is 36.2. The monoisotopic (exact) mass is 382 g/mol. The van der Waals surface area contributed by atoms with E-state index in [1.807, 2.05) is 12.1 Å². The summed E-state index contributed by atoms with van der Waals surface area (Å²) < 4.78 is 0. The third-order valence-electron chi connectivity index (χ3n) is 4.65. The normalized spacial score (nSPS) is 13.2. The van der Waals surface area contributed by atoms with E-state index in [2.05, 4.69) is 27.7 Å². The van der Waals surface area contributed by atoms with Crippen LogP contribution in [-0.2, 0) is 16.0 Å². The number of nitro groups is 1. The molecule has 28 heavy (non-hydrogen) atoms. The van der Waals surface area contributed by atoms with Crippen molar-refractivity contribution in [3.8, 4) is 0 Å². The number of amides is 2. The zero-order valence-corrected chi connectivity index (χ0v) is 15.4. The zero-order chi connectivity index (χ0) is 19.9. The molecule has 146 valence electrons. The van der Waals surface area contributed by atoms with E-state index in [0.29, 0.717) is 18.7 Å². The van der Waals surface area contributed by atoms with E-state index in [0.717, 1.165) is 18.7 Å². The molecule has 2 N–H and O–H groups in total. The van der Waals surface area contributed by atoms with Gasteiger partial charge in [-0.25, -0.2) is 0 Å². The minimum absolute atomic E-state index is 0.0850. The number of hydrogen-bond acceptors (Lipinski definition) is 5. The predicted molar refractivity (Wildman–Crippen MR) is 106 cm³/mol. The first kappa shape index (κ1) is 19.3. The van der Waals surface area contributed by atoms with Crippen molar-refractivity contribution in [2.45, 2.75) is 19.3 Å². The van der Waals surface area contributed by atoms with E-state index < -0.39 is 16.7 Å². The number of non-ortho nitro benzene ring substituents is 1. The first-order chi connectivity index (χ1) is 13.5. The Morgan fingerprint density at radius 2 is 1.61 bits per heavy atom. The quantitative estimate of drug-likeness (QED) is 0.454. The van der Waals surface area contributed by atoms with Crippen molar-refractivity contribution in [3.05, 3.63) is 64.2 Å². The molecule has 2 aromatic rings. The summed E-state index contributed by atoms with van der Waals surface area (Å²) in [5.74, 6) is -1.55. The van der Waals surface area contributed by atoms with Crippen LogP contribution in [0.1, 0.15) is 18.4 Å². The molecule has 1 saturated heterocycles. The molecular formula is C20H22N4O4. The van der Waals surface area contributed by atoms with Gasteiger partial charge in [0.15, 0.2) is 0 Å². The summed E-state index contributed by atoms with van der Waals surface area (Å²) in [5.41, 5.74) is 2.54. The van der Waals surface area contributed by atoms with Crippen LogP contribution in [-0.4, -0.2) is 36.4 Å². The number of nitro benzene ring substituents is 1. The summed E-state index contributed by atoms with van der Waals surface area (Å²) in [7, 11) is 0. The van der Waals surface area contributed by atoms with Crippen molar-refractivity contribution in [3.63, 3.8) is 0 Å². The number of hydrogen-bond donors (Lipinski definition) is 2. The molecule has 0 unspecified atom stereocenters. The highest BCUT2D eigenvalue weighted by Gasteiger charge is 2.14. The number of nitrogens with zero attached hydrogens (tertiary/aromatic N) is 2. The maximum atomic E-state index is 11.9. The standard InChI is InChI=1S/C20H22N4O4/c25-19(20(26)22-16-5-9-18(10-6-16)24(27)28)21-12-11-15-3-7-17(8-4-15)23-13-1-2-14-23/h3-10H,1-2,11-14H2,(H,21,25)(H,22,26). The average molecular weight is 382 g/mol. The first-order valence-corrected chi connectivity index (χ1v) is 9.20. The molecule has 0 spiro atoms. The fraction of sp³-hybridized carbons (Fsp3) is 0.300. The third kappa shape index (κ3) is 5.06. The molecule has 1 aliphatic heterocycles. The van der Waals surface area contributed by atoms with Crippen LogP contribution in [0, 0.1) is 10.1 Å². The number of nitrogens with one attached hydrogen (secondary N) is 2. The molecule has 2 amide bonds. The molecule has 8 nitrogen and oxygen atoms in total. The number of carbonyl (C=O) groups is 2. The summed E-state index contributed by atoms with van der Waals surface area (Å²) in [6.45, 7) is 2.54. The van der Waals surface area contributed by atoms with E-state index in [1.54, 1.807) is 0 Å². The first-order valence-electron chi connectivity index (χ1n) is 9.20. The van der Waals surface area contributed by atoms with Crippen LogP contribution < -0.4 is 15.5 Å². The Morgan fingerprint density at radius 1 is 0.964 bits per heavy atom. The van der Waals surface area contributed by atoms with Crippen molar-refractivity contribution < 1.29 is 14.5 Å². The molecule has 0 aliphatic carbocycles.